The molecule has 7 nitrogen and oxygen atoms in total. The number of nitrogens with one attached hydrogen (secondary N) is 2. The second-order valence-electron chi connectivity index (χ2n) is 8.67. The molecule has 2 N–H and O–H groups in total. The molecule has 0 aliphatic carbocycles. The van der Waals surface area contributed by atoms with Crippen molar-refractivity contribution in [1.82, 2.24) is 20.4 Å². The van der Waals surface area contributed by atoms with Crippen LogP contribution >= 0.6 is 24.0 Å². The number of ether oxygens (including phenoxy) is 1. The van der Waals surface area contributed by atoms with Crippen LogP contribution < -0.4 is 15.4 Å². The van der Waals surface area contributed by atoms with Gasteiger partial charge >= 0.3 is 0 Å². The lowest BCUT2D eigenvalue weighted by Gasteiger charge is -2.30. The topological polar surface area (TPSA) is 69.2 Å². The molecule has 0 aromatic heterocycles. The lowest BCUT2D eigenvalue weighted by atomic mass is 10.00. The van der Waals surface area contributed by atoms with E-state index in [2.05, 4.69) is 50.9 Å². The molecule has 4 rings (SSSR count). The van der Waals surface area contributed by atoms with Crippen LogP contribution in [0.25, 0.3) is 0 Å². The molecule has 2 aliphatic rings. The lowest BCUT2D eigenvalue weighted by Crippen LogP contribution is -2.47. The fourth-order valence-corrected chi connectivity index (χ4v) is 4.73. The van der Waals surface area contributed by atoms with Gasteiger partial charge in [0.25, 0.3) is 0 Å². The van der Waals surface area contributed by atoms with E-state index in [1.165, 1.54) is 29.5 Å². The zero-order valence-corrected chi connectivity index (χ0v) is 22.5. The highest BCUT2D eigenvalue weighted by molar-refractivity contribution is 14.0. The SMILES string of the molecule is CN=C(NCC(=O)N1CCc2ccccc2C1)NCC(c1ccc(OC)cc1)N1CCCC1.I. The minimum absolute atomic E-state index is 0. The van der Waals surface area contributed by atoms with Crippen molar-refractivity contribution in [2.75, 3.05) is 46.9 Å². The Morgan fingerprint density at radius 1 is 1.03 bits per heavy atom. The summed E-state index contributed by atoms with van der Waals surface area (Å²) in [5.41, 5.74) is 3.84. The van der Waals surface area contributed by atoms with Gasteiger partial charge in [-0.3, -0.25) is 14.7 Å². The number of carbonyl (C=O) groups is 1. The number of methoxy groups -OCH3 is 1. The van der Waals surface area contributed by atoms with Crippen LogP contribution in [-0.2, 0) is 17.8 Å². The molecule has 1 atom stereocenters. The first-order valence-corrected chi connectivity index (χ1v) is 11.8. The van der Waals surface area contributed by atoms with E-state index in [9.17, 15) is 4.79 Å². The van der Waals surface area contributed by atoms with E-state index in [0.29, 0.717) is 12.5 Å². The Kier molecular flexibility index (Phi) is 10.0. The fourth-order valence-electron chi connectivity index (χ4n) is 4.73. The van der Waals surface area contributed by atoms with Gasteiger partial charge in [0.1, 0.15) is 5.75 Å². The number of amides is 1. The molecule has 0 saturated carbocycles. The second kappa shape index (κ2) is 12.9. The van der Waals surface area contributed by atoms with Crippen molar-refractivity contribution in [2.24, 2.45) is 4.99 Å². The van der Waals surface area contributed by atoms with Gasteiger partial charge in [-0.25, -0.2) is 0 Å². The Morgan fingerprint density at radius 2 is 1.74 bits per heavy atom. The molecule has 1 saturated heterocycles. The molecule has 184 valence electrons. The van der Waals surface area contributed by atoms with Crippen molar-refractivity contribution < 1.29 is 9.53 Å². The summed E-state index contributed by atoms with van der Waals surface area (Å²) < 4.78 is 5.32. The molecule has 0 bridgehead atoms. The molecule has 0 radical (unpaired) electrons. The van der Waals surface area contributed by atoms with Gasteiger partial charge in [0, 0.05) is 26.7 Å². The number of nitrogens with zero attached hydrogens (tertiary/aromatic N) is 3. The maximum atomic E-state index is 12.8. The highest BCUT2D eigenvalue weighted by Crippen LogP contribution is 2.26. The third kappa shape index (κ3) is 6.63. The summed E-state index contributed by atoms with van der Waals surface area (Å²) in [6.45, 7) is 4.59. The number of aliphatic imine (C=N–C) groups is 1. The van der Waals surface area contributed by atoms with Crippen molar-refractivity contribution in [1.29, 1.82) is 0 Å². The molecule has 0 spiro atoms. The van der Waals surface area contributed by atoms with E-state index < -0.39 is 0 Å². The minimum Gasteiger partial charge on any atom is -0.497 e. The summed E-state index contributed by atoms with van der Waals surface area (Å²) in [4.78, 5) is 21.6. The first kappa shape index (κ1) is 26.3. The third-order valence-electron chi connectivity index (χ3n) is 6.66. The minimum atomic E-state index is 0. The zero-order chi connectivity index (χ0) is 23.0. The van der Waals surface area contributed by atoms with Crippen LogP contribution in [-0.4, -0.2) is 68.5 Å². The Hall–Kier alpha value is -2.33. The molecule has 1 fully saturated rings. The lowest BCUT2D eigenvalue weighted by molar-refractivity contribution is -0.130. The number of hydrogen-bond donors (Lipinski definition) is 2. The smallest absolute Gasteiger partial charge is 0.242 e. The van der Waals surface area contributed by atoms with Gasteiger partial charge in [0.2, 0.25) is 5.91 Å². The normalized spacial score (nSPS) is 16.9. The van der Waals surface area contributed by atoms with Crippen molar-refractivity contribution in [2.45, 2.75) is 31.8 Å². The summed E-state index contributed by atoms with van der Waals surface area (Å²) >= 11 is 0. The van der Waals surface area contributed by atoms with Crippen molar-refractivity contribution in [3.05, 3.63) is 65.2 Å². The Balaban J connectivity index is 0.00000324. The number of benzene rings is 2. The van der Waals surface area contributed by atoms with Crippen LogP contribution in [0.2, 0.25) is 0 Å². The summed E-state index contributed by atoms with van der Waals surface area (Å²) in [7, 11) is 3.43. The van der Waals surface area contributed by atoms with Crippen LogP contribution in [0.4, 0.5) is 0 Å². The van der Waals surface area contributed by atoms with Crippen molar-refractivity contribution >= 4 is 35.8 Å². The highest BCUT2D eigenvalue weighted by atomic mass is 127. The van der Waals surface area contributed by atoms with Gasteiger partial charge in [0.05, 0.1) is 19.7 Å². The maximum Gasteiger partial charge on any atom is 0.242 e. The summed E-state index contributed by atoms with van der Waals surface area (Å²) in [5, 5.41) is 6.66. The van der Waals surface area contributed by atoms with Crippen LogP contribution in [0.5, 0.6) is 5.75 Å². The predicted molar refractivity (Wildman–Crippen MR) is 147 cm³/mol. The Bertz CT molecular complexity index is 960. The molecular formula is C26H36IN5O2. The van der Waals surface area contributed by atoms with E-state index >= 15 is 0 Å². The van der Waals surface area contributed by atoms with Gasteiger partial charge in [-0.05, 0) is 61.2 Å². The molecule has 2 heterocycles. The highest BCUT2D eigenvalue weighted by Gasteiger charge is 2.24. The number of hydrogen-bond acceptors (Lipinski definition) is 4. The quantitative estimate of drug-likeness (QED) is 0.301. The Morgan fingerprint density at radius 3 is 2.41 bits per heavy atom. The van der Waals surface area contributed by atoms with E-state index in [1.54, 1.807) is 14.2 Å². The first-order valence-electron chi connectivity index (χ1n) is 11.8. The maximum absolute atomic E-state index is 12.8. The van der Waals surface area contributed by atoms with Crippen molar-refractivity contribution in [3.63, 3.8) is 0 Å². The molecule has 2 aliphatic heterocycles. The van der Waals surface area contributed by atoms with E-state index in [4.69, 9.17) is 4.74 Å². The summed E-state index contributed by atoms with van der Waals surface area (Å²) in [6, 6.07) is 16.9. The molecule has 34 heavy (non-hydrogen) atoms. The van der Waals surface area contributed by atoms with Gasteiger partial charge in [-0.1, -0.05) is 36.4 Å². The number of fused-ring (bicyclic) bond motifs is 1. The van der Waals surface area contributed by atoms with Crippen LogP contribution in [0, 0.1) is 0 Å². The molecule has 8 heteroatoms. The van der Waals surface area contributed by atoms with E-state index in [-0.39, 0.29) is 42.5 Å². The summed E-state index contributed by atoms with van der Waals surface area (Å²) in [5.74, 6) is 1.61. The molecular weight excluding hydrogens is 541 g/mol. The average molecular weight is 578 g/mol. The van der Waals surface area contributed by atoms with Crippen LogP contribution in [0.3, 0.4) is 0 Å². The molecule has 1 unspecified atom stereocenters. The van der Waals surface area contributed by atoms with Gasteiger partial charge < -0.3 is 20.3 Å². The molecule has 2 aromatic carbocycles. The fraction of sp³-hybridized carbons (Fsp3) is 0.462. The zero-order valence-electron chi connectivity index (χ0n) is 20.1. The van der Waals surface area contributed by atoms with Gasteiger partial charge in [-0.15, -0.1) is 24.0 Å². The predicted octanol–water partition coefficient (Wildman–Crippen LogP) is 3.20. The van der Waals surface area contributed by atoms with Gasteiger partial charge in [-0.2, -0.15) is 0 Å². The van der Waals surface area contributed by atoms with Gasteiger partial charge in [0.15, 0.2) is 5.96 Å². The number of guanidine groups is 1. The van der Waals surface area contributed by atoms with E-state index in [0.717, 1.165) is 38.3 Å². The van der Waals surface area contributed by atoms with Crippen LogP contribution in [0.1, 0.15) is 35.6 Å². The first-order chi connectivity index (χ1) is 16.2. The monoisotopic (exact) mass is 577 g/mol. The van der Waals surface area contributed by atoms with E-state index in [1.807, 2.05) is 23.1 Å². The number of carbonyl (C=O) groups excluding carboxylic acids is 1. The van der Waals surface area contributed by atoms with Crippen molar-refractivity contribution in [3.8, 4) is 5.75 Å². The number of likely N-dealkylation sites (tertiary alicyclic amines) is 1. The molecule has 1 amide bonds. The standard InChI is InChI=1S/C26H35N5O2.HI/c1-27-26(29-18-25(32)31-16-13-20-7-3-4-8-22(20)19-31)28-17-24(30-14-5-6-15-30)21-9-11-23(33-2)12-10-21;/h3-4,7-12,24H,5-6,13-19H2,1-2H3,(H2,27,28,29);1H. The number of halogens is 1. The third-order valence-corrected chi connectivity index (χ3v) is 6.66. The second-order valence-corrected chi connectivity index (χ2v) is 8.67. The largest absolute Gasteiger partial charge is 0.497 e. The summed E-state index contributed by atoms with van der Waals surface area (Å²) in [6.07, 6.45) is 3.37. The average Bonchev–Trinajstić information content (AvgIpc) is 3.40. The molecule has 2 aromatic rings. The van der Waals surface area contributed by atoms with Crippen LogP contribution in [0.15, 0.2) is 53.5 Å². The number of rotatable bonds is 7. The Labute approximate surface area is 220 Å².